The van der Waals surface area contributed by atoms with E-state index in [4.69, 9.17) is 9.47 Å². The van der Waals surface area contributed by atoms with Crippen molar-refractivity contribution in [3.8, 4) is 0 Å². The molecule has 10 heavy (non-hydrogen) atoms. The van der Waals surface area contributed by atoms with E-state index in [0.29, 0.717) is 6.79 Å². The van der Waals surface area contributed by atoms with Gasteiger partial charge in [-0.3, -0.25) is 0 Å². The molecule has 1 saturated heterocycles. The first-order valence-electron chi connectivity index (χ1n) is 3.15. The molecule has 1 fully saturated rings. The van der Waals surface area contributed by atoms with Crippen molar-refractivity contribution in [3.05, 3.63) is 0 Å². The molecule has 0 radical (unpaired) electrons. The zero-order valence-corrected chi connectivity index (χ0v) is 5.06. The summed E-state index contributed by atoms with van der Waals surface area (Å²) >= 11 is 0. The summed E-state index contributed by atoms with van der Waals surface area (Å²) in [6, 6.07) is 0. The zero-order valence-electron chi connectivity index (χ0n) is 5.06. The van der Waals surface area contributed by atoms with Gasteiger partial charge < -0.3 is 9.47 Å². The first-order valence-corrected chi connectivity index (χ1v) is 3.15. The van der Waals surface area contributed by atoms with Gasteiger partial charge in [-0.2, -0.15) is 0 Å². The van der Waals surface area contributed by atoms with Crippen molar-refractivity contribution in [1.82, 2.24) is 0 Å². The van der Waals surface area contributed by atoms with Crippen molar-refractivity contribution in [2.45, 2.75) is 34.1 Å². The third-order valence-electron chi connectivity index (χ3n) is 1.24. The summed E-state index contributed by atoms with van der Waals surface area (Å²) in [7, 11) is 0. The van der Waals surface area contributed by atoms with Crippen molar-refractivity contribution < 1.29 is 9.47 Å². The van der Waals surface area contributed by atoms with Crippen LogP contribution in [0.3, 0.4) is 0 Å². The van der Waals surface area contributed by atoms with Crippen molar-refractivity contribution >= 4 is 0 Å². The van der Waals surface area contributed by atoms with E-state index in [2.05, 4.69) is 0 Å². The Kier molecular flexibility index (Phi) is 11.2. The standard InChI is InChI=1S/C6H12O2.2CH4/c1-2-4-7-6-8-5-3-1;;/h1-6H2;2*1H4. The fraction of sp³-hybridized carbons (Fsp3) is 1.00. The monoisotopic (exact) mass is 148 g/mol. The summed E-state index contributed by atoms with van der Waals surface area (Å²) in [5.74, 6) is 0. The minimum Gasteiger partial charge on any atom is -0.355 e. The zero-order chi connectivity index (χ0) is 5.66. The first-order chi connectivity index (χ1) is 4.00. The van der Waals surface area contributed by atoms with Gasteiger partial charge in [0.05, 0.1) is 0 Å². The van der Waals surface area contributed by atoms with Crippen molar-refractivity contribution in [1.29, 1.82) is 0 Å². The number of rotatable bonds is 0. The van der Waals surface area contributed by atoms with Crippen LogP contribution in [0.15, 0.2) is 0 Å². The Bertz CT molecular complexity index is 31.2. The SMILES string of the molecule is C.C.C1CCOCOCC1. The lowest BCUT2D eigenvalue weighted by Gasteiger charge is -2.08. The van der Waals surface area contributed by atoms with Crippen LogP contribution in [0.1, 0.15) is 34.1 Å². The van der Waals surface area contributed by atoms with E-state index >= 15 is 0 Å². The van der Waals surface area contributed by atoms with Crippen LogP contribution in [0.25, 0.3) is 0 Å². The maximum atomic E-state index is 5.05. The van der Waals surface area contributed by atoms with E-state index in [9.17, 15) is 0 Å². The molecule has 2 heteroatoms. The van der Waals surface area contributed by atoms with E-state index in [1.54, 1.807) is 0 Å². The lowest BCUT2D eigenvalue weighted by Crippen LogP contribution is -2.06. The minimum absolute atomic E-state index is 0. The highest BCUT2D eigenvalue weighted by atomic mass is 16.7. The second-order valence-electron chi connectivity index (χ2n) is 2.00. The molecule has 1 aliphatic heterocycles. The first kappa shape index (κ1) is 12.6. The predicted octanol–water partition coefficient (Wildman–Crippen LogP) is 2.43. The van der Waals surface area contributed by atoms with Crippen LogP contribution < -0.4 is 0 Å². The van der Waals surface area contributed by atoms with Gasteiger partial charge in [-0.05, 0) is 19.3 Å². The van der Waals surface area contributed by atoms with Crippen LogP contribution in [0.4, 0.5) is 0 Å². The molecule has 1 heterocycles. The van der Waals surface area contributed by atoms with Crippen molar-refractivity contribution in [3.63, 3.8) is 0 Å². The molecule has 0 spiro atoms. The Morgan fingerprint density at radius 2 is 1.20 bits per heavy atom. The maximum absolute atomic E-state index is 5.05. The highest BCUT2D eigenvalue weighted by Crippen LogP contribution is 1.99. The van der Waals surface area contributed by atoms with Crippen molar-refractivity contribution in [2.24, 2.45) is 0 Å². The predicted molar refractivity (Wildman–Crippen MR) is 44.1 cm³/mol. The number of hydrogen-bond donors (Lipinski definition) is 0. The van der Waals surface area contributed by atoms with E-state index in [-0.39, 0.29) is 14.9 Å². The van der Waals surface area contributed by atoms with Gasteiger partial charge in [0.15, 0.2) is 0 Å². The lowest BCUT2D eigenvalue weighted by molar-refractivity contribution is -0.0657. The third-order valence-corrected chi connectivity index (χ3v) is 1.24. The van der Waals surface area contributed by atoms with Gasteiger partial charge in [-0.25, -0.2) is 0 Å². The molecule has 0 aromatic carbocycles. The van der Waals surface area contributed by atoms with Crippen molar-refractivity contribution in [2.75, 3.05) is 20.0 Å². The molecule has 0 aliphatic carbocycles. The molecule has 0 amide bonds. The van der Waals surface area contributed by atoms with E-state index < -0.39 is 0 Å². The fourth-order valence-corrected chi connectivity index (χ4v) is 0.762. The van der Waals surface area contributed by atoms with Gasteiger partial charge >= 0.3 is 0 Å². The molecular weight excluding hydrogens is 128 g/mol. The Labute approximate surface area is 64.5 Å². The normalized spacial score (nSPS) is 19.2. The van der Waals surface area contributed by atoms with E-state index in [0.717, 1.165) is 13.2 Å². The quantitative estimate of drug-likeness (QED) is 0.525. The molecule has 1 rings (SSSR count). The van der Waals surface area contributed by atoms with Crippen LogP contribution in [-0.4, -0.2) is 20.0 Å². The average Bonchev–Trinajstić information content (AvgIpc) is 1.62. The lowest BCUT2D eigenvalue weighted by atomic mass is 10.2. The van der Waals surface area contributed by atoms with Gasteiger partial charge in [0, 0.05) is 13.2 Å². The molecular formula is C8H20O2. The van der Waals surface area contributed by atoms with Gasteiger partial charge in [0.25, 0.3) is 0 Å². The van der Waals surface area contributed by atoms with Crippen LogP contribution >= 0.6 is 0 Å². The molecule has 64 valence electrons. The second-order valence-corrected chi connectivity index (χ2v) is 2.00. The summed E-state index contributed by atoms with van der Waals surface area (Å²) in [5, 5.41) is 0. The number of ether oxygens (including phenoxy) is 2. The highest BCUT2D eigenvalue weighted by molar-refractivity contribution is 4.41. The van der Waals surface area contributed by atoms with Crippen LogP contribution in [0.2, 0.25) is 0 Å². The van der Waals surface area contributed by atoms with E-state index in [1.807, 2.05) is 0 Å². The Hall–Kier alpha value is -0.0800. The van der Waals surface area contributed by atoms with Gasteiger partial charge in [-0.1, -0.05) is 14.9 Å². The summed E-state index contributed by atoms with van der Waals surface area (Å²) < 4.78 is 10.1. The molecule has 0 aromatic heterocycles. The molecule has 0 unspecified atom stereocenters. The molecule has 0 atom stereocenters. The molecule has 2 nitrogen and oxygen atoms in total. The van der Waals surface area contributed by atoms with Gasteiger partial charge in [0.1, 0.15) is 6.79 Å². The molecule has 1 aliphatic rings. The Morgan fingerprint density at radius 3 is 1.70 bits per heavy atom. The topological polar surface area (TPSA) is 18.5 Å². The summed E-state index contributed by atoms with van der Waals surface area (Å²) in [6.45, 7) is 2.25. The molecule has 0 N–H and O–H groups in total. The van der Waals surface area contributed by atoms with Gasteiger partial charge in [0.2, 0.25) is 0 Å². The molecule has 0 bridgehead atoms. The molecule has 0 saturated carbocycles. The molecule has 0 aromatic rings. The Morgan fingerprint density at radius 1 is 0.700 bits per heavy atom. The fourth-order valence-electron chi connectivity index (χ4n) is 0.762. The van der Waals surface area contributed by atoms with E-state index in [1.165, 1.54) is 19.3 Å². The summed E-state index contributed by atoms with van der Waals surface area (Å²) in [4.78, 5) is 0. The Balaban J connectivity index is 0. The maximum Gasteiger partial charge on any atom is 0.146 e. The minimum atomic E-state index is 0. The smallest absolute Gasteiger partial charge is 0.146 e. The summed E-state index contributed by atoms with van der Waals surface area (Å²) in [6.07, 6.45) is 3.65. The largest absolute Gasteiger partial charge is 0.355 e. The highest BCUT2D eigenvalue weighted by Gasteiger charge is 1.94. The number of hydrogen-bond acceptors (Lipinski definition) is 2. The average molecular weight is 148 g/mol. The van der Waals surface area contributed by atoms with Crippen LogP contribution in [0.5, 0.6) is 0 Å². The third kappa shape index (κ3) is 6.05. The van der Waals surface area contributed by atoms with Crippen LogP contribution in [0, 0.1) is 0 Å². The van der Waals surface area contributed by atoms with Gasteiger partial charge in [-0.15, -0.1) is 0 Å². The van der Waals surface area contributed by atoms with Crippen LogP contribution in [-0.2, 0) is 9.47 Å². The second kappa shape index (κ2) is 8.92. The summed E-state index contributed by atoms with van der Waals surface area (Å²) in [5.41, 5.74) is 0.